The second kappa shape index (κ2) is 5.88. The molecule has 1 saturated heterocycles. The van der Waals surface area contributed by atoms with Crippen LogP contribution < -0.4 is 16.4 Å². The van der Waals surface area contributed by atoms with Gasteiger partial charge >= 0.3 is 0 Å². The molecule has 3 rings (SSSR count). The minimum absolute atomic E-state index is 0.210. The van der Waals surface area contributed by atoms with Gasteiger partial charge in [0.15, 0.2) is 0 Å². The van der Waals surface area contributed by atoms with E-state index in [1.54, 1.807) is 18.6 Å². The zero-order valence-corrected chi connectivity index (χ0v) is 11.7. The minimum Gasteiger partial charge on any atom is -0.383 e. The fraction of sp³-hybridized carbons (Fsp3) is 0.385. The van der Waals surface area contributed by atoms with E-state index in [1.807, 2.05) is 6.07 Å². The highest BCUT2D eigenvalue weighted by Gasteiger charge is 2.19. The quantitative estimate of drug-likeness (QED) is 0.795. The van der Waals surface area contributed by atoms with Crippen LogP contribution in [-0.2, 0) is 6.54 Å². The lowest BCUT2D eigenvalue weighted by Crippen LogP contribution is -2.46. The van der Waals surface area contributed by atoms with Crippen molar-refractivity contribution in [2.24, 2.45) is 0 Å². The Morgan fingerprint density at radius 1 is 1.00 bits per heavy atom. The number of nitrogen functional groups attached to an aromatic ring is 2. The summed E-state index contributed by atoms with van der Waals surface area (Å²) in [5.74, 6) is 1.45. The molecule has 4 N–H and O–H groups in total. The summed E-state index contributed by atoms with van der Waals surface area (Å²) in [5, 5.41) is 0. The maximum Gasteiger partial charge on any atom is 0.225 e. The van der Waals surface area contributed by atoms with E-state index in [2.05, 4.69) is 29.7 Å². The van der Waals surface area contributed by atoms with Crippen LogP contribution in [0.2, 0.25) is 0 Å². The molecule has 0 radical (unpaired) electrons. The van der Waals surface area contributed by atoms with Crippen LogP contribution in [0, 0.1) is 0 Å². The van der Waals surface area contributed by atoms with E-state index in [9.17, 15) is 0 Å². The molecule has 0 atom stereocenters. The number of piperazine rings is 1. The molecular weight excluding hydrogens is 268 g/mol. The van der Waals surface area contributed by atoms with Gasteiger partial charge in [-0.25, -0.2) is 15.0 Å². The molecule has 110 valence electrons. The Balaban J connectivity index is 1.59. The molecule has 0 bridgehead atoms. The number of aromatic nitrogens is 4. The van der Waals surface area contributed by atoms with Crippen molar-refractivity contribution in [2.45, 2.75) is 6.54 Å². The van der Waals surface area contributed by atoms with E-state index < -0.39 is 0 Å². The van der Waals surface area contributed by atoms with Crippen molar-refractivity contribution in [1.82, 2.24) is 24.8 Å². The van der Waals surface area contributed by atoms with Gasteiger partial charge in [-0.1, -0.05) is 0 Å². The van der Waals surface area contributed by atoms with Crippen LogP contribution in [0.25, 0.3) is 0 Å². The van der Waals surface area contributed by atoms with Gasteiger partial charge in [0.2, 0.25) is 11.9 Å². The van der Waals surface area contributed by atoms with Crippen molar-refractivity contribution in [3.63, 3.8) is 0 Å². The average molecular weight is 286 g/mol. The van der Waals surface area contributed by atoms with Crippen LogP contribution in [0.15, 0.2) is 24.7 Å². The summed E-state index contributed by atoms with van der Waals surface area (Å²) >= 11 is 0. The molecule has 0 spiro atoms. The third-order valence-electron chi connectivity index (χ3n) is 3.52. The summed E-state index contributed by atoms with van der Waals surface area (Å²) in [5.41, 5.74) is 12.3. The zero-order valence-electron chi connectivity index (χ0n) is 11.7. The number of rotatable bonds is 3. The standard InChI is InChI=1S/C13H18N8/c14-11-10(8-18-12(15)19-11)9-20-4-6-21(7-5-20)13-16-2-1-3-17-13/h1-3,8H,4-7,9H2,(H4,14,15,18,19). The lowest BCUT2D eigenvalue weighted by molar-refractivity contribution is 0.248. The Hall–Kier alpha value is -2.48. The van der Waals surface area contributed by atoms with Crippen molar-refractivity contribution >= 4 is 17.7 Å². The van der Waals surface area contributed by atoms with E-state index in [4.69, 9.17) is 11.5 Å². The van der Waals surface area contributed by atoms with Crippen LogP contribution in [0.4, 0.5) is 17.7 Å². The van der Waals surface area contributed by atoms with Gasteiger partial charge in [0.25, 0.3) is 0 Å². The molecule has 0 aliphatic carbocycles. The van der Waals surface area contributed by atoms with E-state index in [0.717, 1.165) is 44.2 Å². The van der Waals surface area contributed by atoms with Gasteiger partial charge in [0.05, 0.1) is 0 Å². The number of hydrogen-bond acceptors (Lipinski definition) is 8. The fourth-order valence-electron chi connectivity index (χ4n) is 2.36. The summed E-state index contributed by atoms with van der Waals surface area (Å²) < 4.78 is 0. The molecule has 0 saturated carbocycles. The molecule has 2 aromatic heterocycles. The van der Waals surface area contributed by atoms with E-state index >= 15 is 0 Å². The monoisotopic (exact) mass is 286 g/mol. The number of nitrogens with two attached hydrogens (primary N) is 2. The van der Waals surface area contributed by atoms with Gasteiger partial charge in [-0.15, -0.1) is 0 Å². The predicted octanol–water partition coefficient (Wildman–Crippen LogP) is -0.247. The van der Waals surface area contributed by atoms with E-state index in [-0.39, 0.29) is 5.95 Å². The van der Waals surface area contributed by atoms with Crippen molar-refractivity contribution in [3.8, 4) is 0 Å². The van der Waals surface area contributed by atoms with Crippen molar-refractivity contribution in [2.75, 3.05) is 42.5 Å². The summed E-state index contributed by atoms with van der Waals surface area (Å²) in [7, 11) is 0. The predicted molar refractivity (Wildman–Crippen MR) is 80.4 cm³/mol. The number of nitrogens with zero attached hydrogens (tertiary/aromatic N) is 6. The van der Waals surface area contributed by atoms with Crippen LogP contribution >= 0.6 is 0 Å². The van der Waals surface area contributed by atoms with Crippen LogP contribution in [0.3, 0.4) is 0 Å². The molecule has 8 nitrogen and oxygen atoms in total. The number of hydrogen-bond donors (Lipinski definition) is 2. The second-order valence-corrected chi connectivity index (χ2v) is 4.95. The molecule has 8 heteroatoms. The highest BCUT2D eigenvalue weighted by Crippen LogP contribution is 2.15. The molecule has 0 amide bonds. The first-order valence-corrected chi connectivity index (χ1v) is 6.83. The fourth-order valence-corrected chi connectivity index (χ4v) is 2.36. The van der Waals surface area contributed by atoms with Gasteiger partial charge in [0.1, 0.15) is 5.82 Å². The molecule has 2 aromatic rings. The van der Waals surface area contributed by atoms with Crippen LogP contribution in [0.5, 0.6) is 0 Å². The van der Waals surface area contributed by atoms with Gasteiger partial charge in [-0.05, 0) is 6.07 Å². The van der Waals surface area contributed by atoms with Gasteiger partial charge in [-0.3, -0.25) is 4.90 Å². The minimum atomic E-state index is 0.210. The Morgan fingerprint density at radius 3 is 2.38 bits per heavy atom. The van der Waals surface area contributed by atoms with Crippen molar-refractivity contribution < 1.29 is 0 Å². The SMILES string of the molecule is Nc1ncc(CN2CCN(c3ncccn3)CC2)c(N)n1. The molecule has 0 unspecified atom stereocenters. The Bertz CT molecular complexity index is 594. The first-order chi connectivity index (χ1) is 10.2. The van der Waals surface area contributed by atoms with Crippen LogP contribution in [-0.4, -0.2) is 51.0 Å². The Labute approximate surface area is 122 Å². The Morgan fingerprint density at radius 2 is 1.71 bits per heavy atom. The smallest absolute Gasteiger partial charge is 0.225 e. The van der Waals surface area contributed by atoms with Gasteiger partial charge in [0, 0.05) is 56.9 Å². The molecule has 1 aliphatic heterocycles. The van der Waals surface area contributed by atoms with E-state index in [0.29, 0.717) is 5.82 Å². The largest absolute Gasteiger partial charge is 0.383 e. The molecule has 1 aliphatic rings. The normalized spacial score (nSPS) is 16.1. The maximum atomic E-state index is 5.87. The number of anilines is 3. The van der Waals surface area contributed by atoms with Gasteiger partial charge < -0.3 is 16.4 Å². The Kier molecular flexibility index (Phi) is 3.78. The lowest BCUT2D eigenvalue weighted by Gasteiger charge is -2.34. The summed E-state index contributed by atoms with van der Waals surface area (Å²) in [6.45, 7) is 4.35. The maximum absolute atomic E-state index is 5.87. The summed E-state index contributed by atoms with van der Waals surface area (Å²) in [4.78, 5) is 21.0. The third kappa shape index (κ3) is 3.16. The topological polar surface area (TPSA) is 110 Å². The highest BCUT2D eigenvalue weighted by atomic mass is 15.3. The second-order valence-electron chi connectivity index (χ2n) is 4.95. The van der Waals surface area contributed by atoms with Gasteiger partial charge in [-0.2, -0.15) is 4.98 Å². The van der Waals surface area contributed by atoms with Crippen molar-refractivity contribution in [1.29, 1.82) is 0 Å². The summed E-state index contributed by atoms with van der Waals surface area (Å²) in [6.07, 6.45) is 5.23. The third-order valence-corrected chi connectivity index (χ3v) is 3.52. The first-order valence-electron chi connectivity index (χ1n) is 6.83. The zero-order chi connectivity index (χ0) is 14.7. The summed E-state index contributed by atoms with van der Waals surface area (Å²) in [6, 6.07) is 1.82. The van der Waals surface area contributed by atoms with Crippen LogP contribution in [0.1, 0.15) is 5.56 Å². The average Bonchev–Trinajstić information content (AvgIpc) is 2.52. The molecule has 3 heterocycles. The first kappa shape index (κ1) is 13.5. The molecular formula is C13H18N8. The molecule has 21 heavy (non-hydrogen) atoms. The lowest BCUT2D eigenvalue weighted by atomic mass is 10.2. The molecule has 0 aromatic carbocycles. The highest BCUT2D eigenvalue weighted by molar-refractivity contribution is 5.41. The van der Waals surface area contributed by atoms with E-state index in [1.165, 1.54) is 0 Å². The molecule has 1 fully saturated rings. The van der Waals surface area contributed by atoms with Crippen molar-refractivity contribution in [3.05, 3.63) is 30.2 Å².